The number of hydrogen-bond donors (Lipinski definition) is 2. The lowest BCUT2D eigenvalue weighted by molar-refractivity contribution is 0.601. The van der Waals surface area contributed by atoms with E-state index in [1.807, 2.05) is 32.0 Å². The number of sulfonamides is 1. The molecular weight excluding hydrogens is 348 g/mol. The van der Waals surface area contributed by atoms with Gasteiger partial charge in [0, 0.05) is 6.20 Å². The van der Waals surface area contributed by atoms with Gasteiger partial charge in [0.05, 0.1) is 29.0 Å². The minimum atomic E-state index is -3.66. The number of nitrogens with zero attached hydrogens (tertiary/aromatic N) is 2. The molecule has 0 unspecified atom stereocenters. The Morgan fingerprint density at radius 2 is 1.81 bits per heavy atom. The Labute approximate surface area is 153 Å². The van der Waals surface area contributed by atoms with Crippen molar-refractivity contribution in [2.45, 2.75) is 25.3 Å². The molecule has 0 saturated carbocycles. The van der Waals surface area contributed by atoms with E-state index < -0.39 is 10.0 Å². The molecule has 0 aliphatic carbocycles. The van der Waals surface area contributed by atoms with Crippen LogP contribution in [0.4, 0.5) is 11.5 Å². The van der Waals surface area contributed by atoms with Gasteiger partial charge < -0.3 is 5.32 Å². The molecule has 0 saturated heterocycles. The smallest absolute Gasteiger partial charge is 0.263 e. The Morgan fingerprint density at radius 3 is 2.46 bits per heavy atom. The van der Waals surface area contributed by atoms with Gasteiger partial charge in [0.15, 0.2) is 0 Å². The van der Waals surface area contributed by atoms with Crippen molar-refractivity contribution in [1.29, 1.82) is 0 Å². The number of hydrogen-bond acceptors (Lipinski definition) is 5. The molecular formula is C19H20N4O2S. The van der Waals surface area contributed by atoms with Gasteiger partial charge in [-0.15, -0.1) is 0 Å². The molecule has 0 amide bonds. The summed E-state index contributed by atoms with van der Waals surface area (Å²) >= 11 is 0. The van der Waals surface area contributed by atoms with Crippen molar-refractivity contribution in [3.63, 3.8) is 0 Å². The molecule has 1 aromatic carbocycles. The molecule has 2 N–H and O–H groups in total. The third kappa shape index (κ3) is 4.37. The van der Waals surface area contributed by atoms with E-state index in [-0.39, 0.29) is 10.7 Å². The average Bonchev–Trinajstić information content (AvgIpc) is 2.64. The van der Waals surface area contributed by atoms with Crippen molar-refractivity contribution < 1.29 is 8.42 Å². The summed E-state index contributed by atoms with van der Waals surface area (Å²) in [7, 11) is -3.66. The van der Waals surface area contributed by atoms with Crippen LogP contribution in [0.5, 0.6) is 0 Å². The van der Waals surface area contributed by atoms with Gasteiger partial charge in [0.1, 0.15) is 5.82 Å². The first kappa shape index (κ1) is 17.9. The molecule has 0 bridgehead atoms. The predicted molar refractivity (Wildman–Crippen MR) is 103 cm³/mol. The molecule has 3 aromatic rings. The van der Waals surface area contributed by atoms with Crippen molar-refractivity contribution in [3.8, 4) is 0 Å². The van der Waals surface area contributed by atoms with E-state index in [0.717, 1.165) is 22.5 Å². The van der Waals surface area contributed by atoms with Crippen molar-refractivity contribution in [1.82, 2.24) is 9.97 Å². The highest BCUT2D eigenvalue weighted by Gasteiger charge is 2.15. The average molecular weight is 368 g/mol. The first-order valence-corrected chi connectivity index (χ1v) is 9.62. The van der Waals surface area contributed by atoms with Crippen LogP contribution in [-0.4, -0.2) is 18.4 Å². The molecule has 26 heavy (non-hydrogen) atoms. The largest absolute Gasteiger partial charge is 0.378 e. The highest BCUT2D eigenvalue weighted by atomic mass is 32.2. The zero-order chi connectivity index (χ0) is 18.6. The third-order valence-electron chi connectivity index (χ3n) is 3.99. The monoisotopic (exact) mass is 368 g/mol. The van der Waals surface area contributed by atoms with Gasteiger partial charge in [-0.05, 0) is 61.4 Å². The van der Waals surface area contributed by atoms with Crippen LogP contribution in [0.1, 0.15) is 16.8 Å². The predicted octanol–water partition coefficient (Wildman–Crippen LogP) is 3.51. The standard InChI is InChI=1S/C19H20N4O2S/c1-14-6-8-18(11-15(14)2)26(24,25)23-19-9-7-17(13-22-19)21-12-16-5-3-4-10-20-16/h3-11,13,21H,12H2,1-2H3,(H,22,23). The fraction of sp³-hybridized carbons (Fsp3) is 0.158. The Balaban J connectivity index is 1.67. The minimum Gasteiger partial charge on any atom is -0.378 e. The van der Waals surface area contributed by atoms with E-state index in [1.54, 1.807) is 42.7 Å². The Kier molecular flexibility index (Phi) is 5.18. The number of benzene rings is 1. The maximum atomic E-state index is 12.5. The van der Waals surface area contributed by atoms with E-state index in [9.17, 15) is 8.42 Å². The van der Waals surface area contributed by atoms with Gasteiger partial charge in [-0.3, -0.25) is 9.71 Å². The Bertz CT molecular complexity index is 988. The van der Waals surface area contributed by atoms with E-state index in [2.05, 4.69) is 20.0 Å². The van der Waals surface area contributed by atoms with Gasteiger partial charge in [0.2, 0.25) is 0 Å². The highest BCUT2D eigenvalue weighted by molar-refractivity contribution is 7.92. The van der Waals surface area contributed by atoms with E-state index in [4.69, 9.17) is 0 Å². The molecule has 0 atom stereocenters. The molecule has 2 aromatic heterocycles. The molecule has 0 aliphatic heterocycles. The van der Waals surface area contributed by atoms with Crippen molar-refractivity contribution in [3.05, 3.63) is 77.7 Å². The van der Waals surface area contributed by atoms with E-state index >= 15 is 0 Å². The molecule has 0 fully saturated rings. The minimum absolute atomic E-state index is 0.222. The lowest BCUT2D eigenvalue weighted by atomic mass is 10.1. The molecule has 134 valence electrons. The van der Waals surface area contributed by atoms with Crippen LogP contribution in [0.3, 0.4) is 0 Å². The number of aromatic nitrogens is 2. The van der Waals surface area contributed by atoms with Crippen LogP contribution in [0.2, 0.25) is 0 Å². The topological polar surface area (TPSA) is 84.0 Å². The Hall–Kier alpha value is -2.93. The first-order chi connectivity index (χ1) is 12.4. The second-order valence-corrected chi connectivity index (χ2v) is 7.64. The third-order valence-corrected chi connectivity index (χ3v) is 5.34. The summed E-state index contributed by atoms with van der Waals surface area (Å²) in [5.41, 5.74) is 3.66. The van der Waals surface area contributed by atoms with Crippen LogP contribution in [0.15, 0.2) is 65.8 Å². The number of anilines is 2. The van der Waals surface area contributed by atoms with Gasteiger partial charge in [0.25, 0.3) is 10.0 Å². The second-order valence-electron chi connectivity index (χ2n) is 5.96. The van der Waals surface area contributed by atoms with Crippen LogP contribution >= 0.6 is 0 Å². The SMILES string of the molecule is Cc1ccc(S(=O)(=O)Nc2ccc(NCc3ccccn3)cn2)cc1C. The van der Waals surface area contributed by atoms with Crippen LogP contribution in [0, 0.1) is 13.8 Å². The zero-order valence-electron chi connectivity index (χ0n) is 14.6. The van der Waals surface area contributed by atoms with E-state index in [1.165, 1.54) is 0 Å². The molecule has 7 heteroatoms. The number of aryl methyl sites for hydroxylation is 2. The van der Waals surface area contributed by atoms with Crippen LogP contribution in [0.25, 0.3) is 0 Å². The normalized spacial score (nSPS) is 11.2. The molecule has 2 heterocycles. The molecule has 0 aliphatic rings. The molecule has 0 radical (unpaired) electrons. The first-order valence-electron chi connectivity index (χ1n) is 8.14. The van der Waals surface area contributed by atoms with Crippen molar-refractivity contribution in [2.75, 3.05) is 10.0 Å². The summed E-state index contributed by atoms with van der Waals surface area (Å²) in [6.45, 7) is 4.39. The Morgan fingerprint density at radius 1 is 0.962 bits per heavy atom. The molecule has 0 spiro atoms. The van der Waals surface area contributed by atoms with Gasteiger partial charge >= 0.3 is 0 Å². The van der Waals surface area contributed by atoms with E-state index in [0.29, 0.717) is 6.54 Å². The van der Waals surface area contributed by atoms with Gasteiger partial charge in [-0.2, -0.15) is 0 Å². The molecule has 6 nitrogen and oxygen atoms in total. The fourth-order valence-electron chi connectivity index (χ4n) is 2.33. The maximum absolute atomic E-state index is 12.5. The summed E-state index contributed by atoms with van der Waals surface area (Å²) in [6, 6.07) is 14.1. The summed E-state index contributed by atoms with van der Waals surface area (Å²) in [5.74, 6) is 0.270. The van der Waals surface area contributed by atoms with Gasteiger partial charge in [-0.1, -0.05) is 12.1 Å². The number of pyridine rings is 2. The lowest BCUT2D eigenvalue weighted by Crippen LogP contribution is -2.14. The number of rotatable bonds is 6. The summed E-state index contributed by atoms with van der Waals surface area (Å²) in [5, 5.41) is 3.19. The number of nitrogens with one attached hydrogen (secondary N) is 2. The quantitative estimate of drug-likeness (QED) is 0.696. The summed E-state index contributed by atoms with van der Waals surface area (Å²) in [4.78, 5) is 8.62. The lowest BCUT2D eigenvalue weighted by Gasteiger charge is -2.10. The van der Waals surface area contributed by atoms with Crippen molar-refractivity contribution in [2.24, 2.45) is 0 Å². The zero-order valence-corrected chi connectivity index (χ0v) is 15.4. The summed E-state index contributed by atoms with van der Waals surface area (Å²) in [6.07, 6.45) is 3.32. The van der Waals surface area contributed by atoms with Crippen LogP contribution < -0.4 is 10.0 Å². The molecule has 3 rings (SSSR count). The fourth-order valence-corrected chi connectivity index (χ4v) is 3.42. The maximum Gasteiger partial charge on any atom is 0.263 e. The highest BCUT2D eigenvalue weighted by Crippen LogP contribution is 2.18. The van der Waals surface area contributed by atoms with Gasteiger partial charge in [-0.25, -0.2) is 13.4 Å². The second kappa shape index (κ2) is 7.53. The van der Waals surface area contributed by atoms with Crippen molar-refractivity contribution >= 4 is 21.5 Å². The van der Waals surface area contributed by atoms with Crippen LogP contribution in [-0.2, 0) is 16.6 Å². The summed E-state index contributed by atoms with van der Waals surface area (Å²) < 4.78 is 27.5.